The van der Waals surface area contributed by atoms with Crippen molar-refractivity contribution in [1.29, 1.82) is 0 Å². The Labute approximate surface area is 136 Å². The normalized spacial score (nSPS) is 12.5. The summed E-state index contributed by atoms with van der Waals surface area (Å²) >= 11 is 5.93. The van der Waals surface area contributed by atoms with Crippen molar-refractivity contribution in [2.45, 2.75) is 77.2 Å². The average molecular weight is 310 g/mol. The van der Waals surface area contributed by atoms with Crippen molar-refractivity contribution in [3.63, 3.8) is 0 Å². The molecule has 2 heteroatoms. The van der Waals surface area contributed by atoms with Crippen LogP contribution in [0.25, 0.3) is 0 Å². The smallest absolute Gasteiger partial charge is 0.0406 e. The fraction of sp³-hybridized carbons (Fsp3) is 0.684. The number of likely N-dealkylation sites (N-methyl/N-ethyl adjacent to an activating group) is 1. The van der Waals surface area contributed by atoms with E-state index in [2.05, 4.69) is 31.4 Å². The Morgan fingerprint density at radius 2 is 1.48 bits per heavy atom. The molecule has 1 rings (SSSR count). The van der Waals surface area contributed by atoms with E-state index in [1.165, 1.54) is 63.4 Å². The van der Waals surface area contributed by atoms with Crippen molar-refractivity contribution < 1.29 is 0 Å². The van der Waals surface area contributed by atoms with Crippen molar-refractivity contribution in [3.8, 4) is 0 Å². The van der Waals surface area contributed by atoms with E-state index in [0.29, 0.717) is 6.04 Å². The zero-order valence-electron chi connectivity index (χ0n) is 13.8. The first-order valence-corrected chi connectivity index (χ1v) is 9.05. The molecule has 0 bridgehead atoms. The highest BCUT2D eigenvalue weighted by molar-refractivity contribution is 6.30. The molecule has 120 valence electrons. The molecular formula is C19H32ClN. The molecule has 0 amide bonds. The van der Waals surface area contributed by atoms with Gasteiger partial charge in [0.05, 0.1) is 0 Å². The number of hydrogen-bond donors (Lipinski definition) is 1. The van der Waals surface area contributed by atoms with Crippen molar-refractivity contribution in [1.82, 2.24) is 5.32 Å². The first kappa shape index (κ1) is 18.5. The number of benzene rings is 1. The van der Waals surface area contributed by atoms with Gasteiger partial charge >= 0.3 is 0 Å². The second-order valence-corrected chi connectivity index (χ2v) is 6.52. The molecule has 1 nitrogen and oxygen atoms in total. The zero-order valence-corrected chi connectivity index (χ0v) is 14.6. The van der Waals surface area contributed by atoms with E-state index in [1.807, 2.05) is 12.1 Å². The average Bonchev–Trinajstić information content (AvgIpc) is 2.50. The van der Waals surface area contributed by atoms with Crippen LogP contribution in [0.5, 0.6) is 0 Å². The first-order chi connectivity index (χ1) is 10.3. The van der Waals surface area contributed by atoms with Gasteiger partial charge in [0, 0.05) is 11.1 Å². The van der Waals surface area contributed by atoms with Gasteiger partial charge in [-0.05, 0) is 37.6 Å². The van der Waals surface area contributed by atoms with Crippen LogP contribution in [0.4, 0.5) is 0 Å². The molecule has 0 heterocycles. The van der Waals surface area contributed by atoms with Crippen LogP contribution < -0.4 is 5.32 Å². The van der Waals surface area contributed by atoms with Gasteiger partial charge in [0.1, 0.15) is 0 Å². The van der Waals surface area contributed by atoms with Gasteiger partial charge in [-0.2, -0.15) is 0 Å². The van der Waals surface area contributed by atoms with E-state index >= 15 is 0 Å². The summed E-state index contributed by atoms with van der Waals surface area (Å²) in [6.45, 7) is 2.28. The van der Waals surface area contributed by atoms with Crippen LogP contribution in [0.15, 0.2) is 24.3 Å². The molecule has 21 heavy (non-hydrogen) atoms. The van der Waals surface area contributed by atoms with Crippen LogP contribution in [-0.2, 0) is 6.42 Å². The highest BCUT2D eigenvalue weighted by Gasteiger charge is 2.07. The molecule has 0 aliphatic rings. The Hall–Kier alpha value is -0.530. The lowest BCUT2D eigenvalue weighted by Crippen LogP contribution is -2.27. The molecule has 1 aromatic carbocycles. The highest BCUT2D eigenvalue weighted by atomic mass is 35.5. The van der Waals surface area contributed by atoms with E-state index in [0.717, 1.165) is 11.4 Å². The monoisotopic (exact) mass is 309 g/mol. The molecule has 0 spiro atoms. The Kier molecular flexibility index (Phi) is 10.6. The predicted molar refractivity (Wildman–Crippen MR) is 95.2 cm³/mol. The van der Waals surface area contributed by atoms with Gasteiger partial charge in [-0.25, -0.2) is 0 Å². The van der Waals surface area contributed by atoms with Crippen molar-refractivity contribution >= 4 is 11.6 Å². The standard InChI is InChI=1S/C19H32ClN/c1-3-4-5-6-7-8-9-10-11-19(21-2)16-17-12-14-18(20)15-13-17/h12-15,19,21H,3-11,16H2,1-2H3. The molecule has 1 unspecified atom stereocenters. The molecule has 1 aromatic rings. The van der Waals surface area contributed by atoms with Crippen molar-refractivity contribution in [2.24, 2.45) is 0 Å². The largest absolute Gasteiger partial charge is 0.317 e. The number of rotatable bonds is 12. The Morgan fingerprint density at radius 3 is 2.05 bits per heavy atom. The maximum atomic E-state index is 5.93. The maximum absolute atomic E-state index is 5.93. The van der Waals surface area contributed by atoms with E-state index < -0.39 is 0 Å². The highest BCUT2D eigenvalue weighted by Crippen LogP contribution is 2.15. The molecular weight excluding hydrogens is 278 g/mol. The van der Waals surface area contributed by atoms with Gasteiger partial charge in [-0.3, -0.25) is 0 Å². The molecule has 0 fully saturated rings. The summed E-state index contributed by atoms with van der Waals surface area (Å²) in [6, 6.07) is 8.84. The quantitative estimate of drug-likeness (QED) is 0.467. The van der Waals surface area contributed by atoms with E-state index in [4.69, 9.17) is 11.6 Å². The van der Waals surface area contributed by atoms with Crippen LogP contribution in [0.2, 0.25) is 5.02 Å². The minimum Gasteiger partial charge on any atom is -0.317 e. The second kappa shape index (κ2) is 12.1. The summed E-state index contributed by atoms with van der Waals surface area (Å²) in [7, 11) is 2.07. The molecule has 0 saturated carbocycles. The minimum atomic E-state index is 0.589. The number of halogens is 1. The first-order valence-electron chi connectivity index (χ1n) is 8.68. The summed E-state index contributed by atoms with van der Waals surface area (Å²) in [5, 5.41) is 4.27. The fourth-order valence-electron chi connectivity index (χ4n) is 2.78. The van der Waals surface area contributed by atoms with Gasteiger partial charge < -0.3 is 5.32 Å². The third-order valence-electron chi connectivity index (χ3n) is 4.21. The maximum Gasteiger partial charge on any atom is 0.0406 e. The molecule has 0 aliphatic heterocycles. The van der Waals surface area contributed by atoms with Gasteiger partial charge in [0.25, 0.3) is 0 Å². The van der Waals surface area contributed by atoms with Crippen LogP contribution in [-0.4, -0.2) is 13.1 Å². The summed E-state index contributed by atoms with van der Waals surface area (Å²) in [4.78, 5) is 0. The molecule has 1 N–H and O–H groups in total. The number of unbranched alkanes of at least 4 members (excludes halogenated alkanes) is 7. The minimum absolute atomic E-state index is 0.589. The molecule has 0 aromatic heterocycles. The number of hydrogen-bond acceptors (Lipinski definition) is 1. The van der Waals surface area contributed by atoms with Crippen molar-refractivity contribution in [3.05, 3.63) is 34.9 Å². The Morgan fingerprint density at radius 1 is 0.905 bits per heavy atom. The van der Waals surface area contributed by atoms with E-state index in [9.17, 15) is 0 Å². The second-order valence-electron chi connectivity index (χ2n) is 6.08. The van der Waals surface area contributed by atoms with Crippen LogP contribution in [0, 0.1) is 0 Å². The summed E-state index contributed by atoms with van der Waals surface area (Å²) < 4.78 is 0. The molecule has 1 atom stereocenters. The summed E-state index contributed by atoms with van der Waals surface area (Å²) in [5.41, 5.74) is 1.37. The lowest BCUT2D eigenvalue weighted by atomic mass is 9.99. The lowest BCUT2D eigenvalue weighted by Gasteiger charge is -2.16. The van der Waals surface area contributed by atoms with E-state index in [-0.39, 0.29) is 0 Å². The van der Waals surface area contributed by atoms with Crippen molar-refractivity contribution in [2.75, 3.05) is 7.05 Å². The van der Waals surface area contributed by atoms with E-state index in [1.54, 1.807) is 0 Å². The SMILES string of the molecule is CCCCCCCCCCC(Cc1ccc(Cl)cc1)NC. The Bertz CT molecular complexity index is 347. The molecule has 0 saturated heterocycles. The van der Waals surface area contributed by atoms with Gasteiger partial charge in [0.2, 0.25) is 0 Å². The fourth-order valence-corrected chi connectivity index (χ4v) is 2.90. The third-order valence-corrected chi connectivity index (χ3v) is 4.46. The zero-order chi connectivity index (χ0) is 15.3. The van der Waals surface area contributed by atoms with Crippen LogP contribution in [0.3, 0.4) is 0 Å². The lowest BCUT2D eigenvalue weighted by molar-refractivity contribution is 0.477. The molecule has 0 aliphatic carbocycles. The van der Waals surface area contributed by atoms with Crippen LogP contribution in [0.1, 0.15) is 70.3 Å². The summed E-state index contributed by atoms with van der Waals surface area (Å²) in [6.07, 6.45) is 13.5. The van der Waals surface area contributed by atoms with Gasteiger partial charge in [0.15, 0.2) is 0 Å². The summed E-state index contributed by atoms with van der Waals surface area (Å²) in [5.74, 6) is 0. The topological polar surface area (TPSA) is 12.0 Å². The number of nitrogens with one attached hydrogen (secondary N) is 1. The predicted octanol–water partition coefficient (Wildman–Crippen LogP) is 6.00. The Balaban J connectivity index is 2.09. The molecule has 0 radical (unpaired) electrons. The van der Waals surface area contributed by atoms with Gasteiger partial charge in [-0.1, -0.05) is 82.0 Å². The third kappa shape index (κ3) is 9.16. The van der Waals surface area contributed by atoms with Gasteiger partial charge in [-0.15, -0.1) is 0 Å². The van der Waals surface area contributed by atoms with Crippen LogP contribution >= 0.6 is 11.6 Å².